The molecule has 1 aromatic heterocycles. The monoisotopic (exact) mass is 164 g/mol. The van der Waals surface area contributed by atoms with Crippen LogP contribution in [0.15, 0.2) is 38.6 Å². The van der Waals surface area contributed by atoms with Gasteiger partial charge in [-0.2, -0.15) is 0 Å². The lowest BCUT2D eigenvalue weighted by molar-refractivity contribution is 0.393. The number of allylic oxidation sites excluding steroid dienone is 1. The number of nitrogens with one attached hydrogen (secondary N) is 1. The van der Waals surface area contributed by atoms with E-state index in [1.165, 1.54) is 6.26 Å². The molecule has 2 rings (SSSR count). The number of nitrogens with zero attached hydrogens (tertiary/aromatic N) is 5. The Morgan fingerprint density at radius 1 is 1.42 bits per heavy atom. The first-order chi connectivity index (χ1) is 5.97. The molecular formula is C5H4N6O. The summed E-state index contributed by atoms with van der Waals surface area (Å²) in [6.45, 7) is 0. The summed E-state index contributed by atoms with van der Waals surface area (Å²) < 4.78 is 4.54. The van der Waals surface area contributed by atoms with Crippen molar-refractivity contribution in [1.82, 2.24) is 15.8 Å². The predicted molar refractivity (Wildman–Crippen MR) is 38.0 cm³/mol. The molecule has 0 unspecified atom stereocenters. The quantitative estimate of drug-likeness (QED) is 0.644. The van der Waals surface area contributed by atoms with Crippen LogP contribution >= 0.6 is 0 Å². The zero-order chi connectivity index (χ0) is 8.23. The lowest BCUT2D eigenvalue weighted by atomic mass is 10.3. The molecule has 60 valence electrons. The normalized spacial score (nSPS) is 15.2. The molecule has 0 radical (unpaired) electrons. The highest BCUT2D eigenvalue weighted by Crippen LogP contribution is 1.99. The van der Waals surface area contributed by atoms with E-state index < -0.39 is 0 Å². The number of rotatable bonds is 1. The molecule has 0 spiro atoms. The highest BCUT2D eigenvalue weighted by Gasteiger charge is 2.04. The maximum absolute atomic E-state index is 4.54. The van der Waals surface area contributed by atoms with Crippen LogP contribution in [0, 0.1) is 0 Å². The van der Waals surface area contributed by atoms with Gasteiger partial charge in [-0.3, -0.25) is 5.43 Å². The Balaban J connectivity index is 2.34. The molecule has 7 heteroatoms. The van der Waals surface area contributed by atoms with E-state index in [0.717, 1.165) is 0 Å². The number of hydrogen-bond acceptors (Lipinski definition) is 7. The van der Waals surface area contributed by atoms with E-state index >= 15 is 0 Å². The topological polar surface area (TPSA) is 88.0 Å². The minimum Gasteiger partial charge on any atom is -0.345 e. The maximum atomic E-state index is 4.54. The Hall–Kier alpha value is -2.05. The van der Waals surface area contributed by atoms with E-state index in [0.29, 0.717) is 11.4 Å². The molecule has 0 fully saturated rings. The SMILES string of the molecule is C1=CC(c2conn2)=NN=NN1. The highest BCUT2D eigenvalue weighted by molar-refractivity contribution is 6.06. The van der Waals surface area contributed by atoms with Gasteiger partial charge in [0, 0.05) is 11.5 Å². The van der Waals surface area contributed by atoms with Crippen molar-refractivity contribution >= 4 is 5.71 Å². The van der Waals surface area contributed by atoms with Gasteiger partial charge >= 0.3 is 0 Å². The second-order valence-electron chi connectivity index (χ2n) is 1.93. The Morgan fingerprint density at radius 2 is 2.42 bits per heavy atom. The van der Waals surface area contributed by atoms with E-state index in [4.69, 9.17) is 0 Å². The van der Waals surface area contributed by atoms with Crippen LogP contribution in [0.4, 0.5) is 0 Å². The molecule has 1 aliphatic rings. The first kappa shape index (κ1) is 6.65. The van der Waals surface area contributed by atoms with E-state index in [9.17, 15) is 0 Å². The second kappa shape index (κ2) is 2.91. The third kappa shape index (κ3) is 1.19. The van der Waals surface area contributed by atoms with Crippen molar-refractivity contribution < 1.29 is 4.52 Å². The predicted octanol–water partition coefficient (Wildman–Crippen LogP) is 0.258. The van der Waals surface area contributed by atoms with Gasteiger partial charge in [-0.1, -0.05) is 0 Å². The van der Waals surface area contributed by atoms with Gasteiger partial charge in [0.25, 0.3) is 0 Å². The van der Waals surface area contributed by atoms with Gasteiger partial charge in [-0.25, -0.2) is 0 Å². The summed E-state index contributed by atoms with van der Waals surface area (Å²) in [6.07, 6.45) is 4.63. The molecule has 1 N–H and O–H groups in total. The van der Waals surface area contributed by atoms with Crippen molar-refractivity contribution in [2.24, 2.45) is 15.5 Å². The van der Waals surface area contributed by atoms with Gasteiger partial charge < -0.3 is 4.52 Å². The van der Waals surface area contributed by atoms with Crippen molar-refractivity contribution in [3.05, 3.63) is 24.2 Å². The molecule has 12 heavy (non-hydrogen) atoms. The summed E-state index contributed by atoms with van der Waals surface area (Å²) in [4.78, 5) is 0. The largest absolute Gasteiger partial charge is 0.345 e. The molecule has 0 amide bonds. The smallest absolute Gasteiger partial charge is 0.154 e. The average molecular weight is 164 g/mol. The first-order valence-electron chi connectivity index (χ1n) is 3.14. The number of aromatic nitrogens is 2. The van der Waals surface area contributed by atoms with Crippen LogP contribution in [0.5, 0.6) is 0 Å². The zero-order valence-electron chi connectivity index (χ0n) is 5.88. The van der Waals surface area contributed by atoms with Gasteiger partial charge in [0.2, 0.25) is 0 Å². The molecule has 0 saturated heterocycles. The van der Waals surface area contributed by atoms with Crippen LogP contribution in [-0.4, -0.2) is 16.1 Å². The molecule has 0 aromatic carbocycles. The zero-order valence-corrected chi connectivity index (χ0v) is 5.88. The molecule has 0 saturated carbocycles. The van der Waals surface area contributed by atoms with Gasteiger partial charge in [-0.15, -0.1) is 10.2 Å². The molecule has 7 nitrogen and oxygen atoms in total. The Morgan fingerprint density at radius 3 is 3.25 bits per heavy atom. The van der Waals surface area contributed by atoms with Crippen molar-refractivity contribution in [3.8, 4) is 0 Å². The van der Waals surface area contributed by atoms with Crippen molar-refractivity contribution in [2.45, 2.75) is 0 Å². The van der Waals surface area contributed by atoms with Crippen LogP contribution in [0.1, 0.15) is 5.69 Å². The van der Waals surface area contributed by atoms with Crippen LogP contribution in [-0.2, 0) is 0 Å². The number of hydrogen-bond donors (Lipinski definition) is 1. The fourth-order valence-electron chi connectivity index (χ4n) is 0.692. The first-order valence-corrected chi connectivity index (χ1v) is 3.14. The molecule has 1 aromatic rings. The Kier molecular flexibility index (Phi) is 1.61. The summed E-state index contributed by atoms with van der Waals surface area (Å²) in [5, 5.41) is 17.6. The summed E-state index contributed by atoms with van der Waals surface area (Å²) in [5.41, 5.74) is 3.59. The van der Waals surface area contributed by atoms with E-state index in [-0.39, 0.29) is 0 Å². The lowest BCUT2D eigenvalue weighted by Crippen LogP contribution is -1.97. The third-order valence-electron chi connectivity index (χ3n) is 1.19. The average Bonchev–Trinajstić information content (AvgIpc) is 2.48. The second-order valence-corrected chi connectivity index (χ2v) is 1.93. The minimum atomic E-state index is 0.522. The van der Waals surface area contributed by atoms with E-state index in [2.05, 4.69) is 35.9 Å². The fourth-order valence-corrected chi connectivity index (χ4v) is 0.692. The summed E-state index contributed by atoms with van der Waals surface area (Å²) >= 11 is 0. The van der Waals surface area contributed by atoms with Crippen LogP contribution < -0.4 is 5.43 Å². The molecular weight excluding hydrogens is 160 g/mol. The highest BCUT2D eigenvalue weighted by atomic mass is 16.5. The van der Waals surface area contributed by atoms with Crippen LogP contribution in [0.2, 0.25) is 0 Å². The maximum Gasteiger partial charge on any atom is 0.154 e. The van der Waals surface area contributed by atoms with E-state index in [1.54, 1.807) is 12.3 Å². The van der Waals surface area contributed by atoms with Gasteiger partial charge in [0.15, 0.2) is 12.0 Å². The molecule has 2 heterocycles. The van der Waals surface area contributed by atoms with Crippen molar-refractivity contribution in [1.29, 1.82) is 0 Å². The molecule has 0 aliphatic carbocycles. The Bertz CT molecular complexity index is 337. The molecule has 0 bridgehead atoms. The molecule has 1 aliphatic heterocycles. The van der Waals surface area contributed by atoms with Gasteiger partial charge in [0.05, 0.1) is 0 Å². The van der Waals surface area contributed by atoms with Crippen molar-refractivity contribution in [3.63, 3.8) is 0 Å². The standard InChI is InChI=1S/C5H4N6O/c1-2-6-9-10-7-4(1)5-3-12-11-8-5/h1-3H,(H,6,10). The Labute approximate surface area is 66.8 Å². The fraction of sp³-hybridized carbons (Fsp3) is 0. The third-order valence-corrected chi connectivity index (χ3v) is 1.19. The summed E-state index contributed by atoms with van der Waals surface area (Å²) in [7, 11) is 0. The summed E-state index contributed by atoms with van der Waals surface area (Å²) in [6, 6.07) is 0. The van der Waals surface area contributed by atoms with Crippen LogP contribution in [0.25, 0.3) is 0 Å². The van der Waals surface area contributed by atoms with Crippen LogP contribution in [0.3, 0.4) is 0 Å². The minimum absolute atomic E-state index is 0.522. The van der Waals surface area contributed by atoms with Crippen molar-refractivity contribution in [2.75, 3.05) is 0 Å². The lowest BCUT2D eigenvalue weighted by Gasteiger charge is -1.85. The molecule has 0 atom stereocenters. The summed E-state index contributed by atoms with van der Waals surface area (Å²) in [5.74, 6) is 0. The van der Waals surface area contributed by atoms with Gasteiger partial charge in [0.1, 0.15) is 5.71 Å². The van der Waals surface area contributed by atoms with Gasteiger partial charge in [-0.05, 0) is 16.5 Å². The van der Waals surface area contributed by atoms with E-state index in [1.807, 2.05) is 0 Å².